The van der Waals surface area contributed by atoms with E-state index in [0.29, 0.717) is 13.2 Å². The van der Waals surface area contributed by atoms with Gasteiger partial charge in [0.1, 0.15) is 0 Å². The summed E-state index contributed by atoms with van der Waals surface area (Å²) in [6.07, 6.45) is 0. The van der Waals surface area contributed by atoms with Crippen molar-refractivity contribution in [2.45, 2.75) is 11.8 Å². The molecule has 1 fully saturated rings. The molecule has 0 bridgehead atoms. The van der Waals surface area contributed by atoms with Crippen molar-refractivity contribution >= 4 is 10.1 Å². The van der Waals surface area contributed by atoms with Crippen LogP contribution in [0.15, 0.2) is 35.2 Å². The fraction of sp³-hybridized carbons (Fsp3) is 0.455. The molecule has 1 aromatic rings. The lowest BCUT2D eigenvalue weighted by atomic mass is 9.90. The van der Waals surface area contributed by atoms with Crippen molar-refractivity contribution in [3.05, 3.63) is 30.3 Å². The van der Waals surface area contributed by atoms with Crippen molar-refractivity contribution < 1.29 is 17.3 Å². The molecule has 1 saturated heterocycles. The van der Waals surface area contributed by atoms with Gasteiger partial charge >= 0.3 is 0 Å². The smallest absolute Gasteiger partial charge is 0.296 e. The SMILES string of the molecule is CC1(COS(=O)(=O)c2ccccc2)COC1. The van der Waals surface area contributed by atoms with E-state index in [0.717, 1.165) is 0 Å². The Morgan fingerprint density at radius 2 is 1.94 bits per heavy atom. The van der Waals surface area contributed by atoms with Crippen molar-refractivity contribution in [1.82, 2.24) is 0 Å². The van der Waals surface area contributed by atoms with Gasteiger partial charge in [-0.05, 0) is 12.1 Å². The Bertz CT molecular complexity index is 448. The maximum Gasteiger partial charge on any atom is 0.296 e. The largest absolute Gasteiger partial charge is 0.380 e. The zero-order chi connectivity index (χ0) is 11.6. The van der Waals surface area contributed by atoms with Crippen LogP contribution in [-0.4, -0.2) is 28.2 Å². The van der Waals surface area contributed by atoms with Gasteiger partial charge in [0.2, 0.25) is 0 Å². The summed E-state index contributed by atoms with van der Waals surface area (Å²) in [6.45, 7) is 3.22. The lowest BCUT2D eigenvalue weighted by Gasteiger charge is -2.37. The van der Waals surface area contributed by atoms with E-state index < -0.39 is 10.1 Å². The molecule has 0 unspecified atom stereocenters. The van der Waals surface area contributed by atoms with E-state index >= 15 is 0 Å². The fourth-order valence-electron chi connectivity index (χ4n) is 1.41. The Morgan fingerprint density at radius 3 is 2.44 bits per heavy atom. The van der Waals surface area contributed by atoms with E-state index in [1.165, 1.54) is 12.1 Å². The summed E-state index contributed by atoms with van der Waals surface area (Å²) in [4.78, 5) is 0.193. The van der Waals surface area contributed by atoms with Gasteiger partial charge in [0, 0.05) is 5.41 Å². The first-order valence-electron chi connectivity index (χ1n) is 5.04. The summed E-state index contributed by atoms with van der Waals surface area (Å²) >= 11 is 0. The second-order valence-corrected chi connectivity index (χ2v) is 5.95. The molecule has 2 rings (SSSR count). The average Bonchev–Trinajstić information content (AvgIpc) is 2.25. The van der Waals surface area contributed by atoms with Crippen LogP contribution in [0, 0.1) is 5.41 Å². The number of benzene rings is 1. The van der Waals surface area contributed by atoms with E-state index in [2.05, 4.69) is 0 Å². The molecule has 88 valence electrons. The maximum atomic E-state index is 11.8. The topological polar surface area (TPSA) is 52.6 Å². The molecule has 0 aromatic heterocycles. The van der Waals surface area contributed by atoms with Crippen LogP contribution in [0.2, 0.25) is 0 Å². The number of ether oxygens (including phenoxy) is 1. The molecular weight excluding hydrogens is 228 g/mol. The van der Waals surface area contributed by atoms with Gasteiger partial charge < -0.3 is 4.74 Å². The Kier molecular flexibility index (Phi) is 3.01. The molecule has 0 spiro atoms. The molecule has 0 radical (unpaired) electrons. The first-order valence-corrected chi connectivity index (χ1v) is 6.45. The van der Waals surface area contributed by atoms with Gasteiger partial charge in [-0.15, -0.1) is 0 Å². The monoisotopic (exact) mass is 242 g/mol. The molecule has 0 N–H and O–H groups in total. The first-order chi connectivity index (χ1) is 7.52. The van der Waals surface area contributed by atoms with Gasteiger partial charge in [0.05, 0.1) is 24.7 Å². The highest BCUT2D eigenvalue weighted by atomic mass is 32.2. The summed E-state index contributed by atoms with van der Waals surface area (Å²) in [5, 5.41) is 0. The number of hydrogen-bond acceptors (Lipinski definition) is 4. The Balaban J connectivity index is 2.04. The van der Waals surface area contributed by atoms with Gasteiger partial charge in [-0.3, -0.25) is 4.18 Å². The summed E-state index contributed by atoms with van der Waals surface area (Å²) in [5.74, 6) is 0. The van der Waals surface area contributed by atoms with E-state index in [1.807, 2.05) is 6.92 Å². The number of hydrogen-bond donors (Lipinski definition) is 0. The molecule has 0 saturated carbocycles. The molecule has 0 amide bonds. The van der Waals surface area contributed by atoms with E-state index in [9.17, 15) is 8.42 Å². The standard InChI is InChI=1S/C11H14O4S/c1-11(7-14-8-11)9-15-16(12,13)10-5-3-2-4-6-10/h2-6H,7-9H2,1H3. The summed E-state index contributed by atoms with van der Waals surface area (Å²) in [6, 6.07) is 8.15. The van der Waals surface area contributed by atoms with Crippen LogP contribution in [0.3, 0.4) is 0 Å². The molecule has 1 aromatic carbocycles. The molecule has 0 aliphatic carbocycles. The van der Waals surface area contributed by atoms with Gasteiger partial charge in [-0.2, -0.15) is 8.42 Å². The third-order valence-electron chi connectivity index (χ3n) is 2.50. The Morgan fingerprint density at radius 1 is 1.31 bits per heavy atom. The van der Waals surface area contributed by atoms with Crippen LogP contribution in [-0.2, 0) is 19.0 Å². The lowest BCUT2D eigenvalue weighted by Crippen LogP contribution is -2.44. The van der Waals surface area contributed by atoms with E-state index in [4.69, 9.17) is 8.92 Å². The minimum absolute atomic E-state index is 0.165. The second kappa shape index (κ2) is 4.16. The third-order valence-corrected chi connectivity index (χ3v) is 3.77. The first kappa shape index (κ1) is 11.6. The highest BCUT2D eigenvalue weighted by Crippen LogP contribution is 2.28. The van der Waals surface area contributed by atoms with Crippen LogP contribution < -0.4 is 0 Å². The van der Waals surface area contributed by atoms with Gasteiger partial charge in [0.25, 0.3) is 10.1 Å². The highest BCUT2D eigenvalue weighted by molar-refractivity contribution is 7.86. The van der Waals surface area contributed by atoms with E-state index in [1.54, 1.807) is 18.2 Å². The average molecular weight is 242 g/mol. The van der Waals surface area contributed by atoms with Crippen molar-refractivity contribution in [3.63, 3.8) is 0 Å². The lowest BCUT2D eigenvalue weighted by molar-refractivity contribution is -0.119. The molecular formula is C11H14O4S. The second-order valence-electron chi connectivity index (χ2n) is 4.33. The molecule has 1 aliphatic rings. The van der Waals surface area contributed by atoms with Gasteiger partial charge in [-0.1, -0.05) is 25.1 Å². The van der Waals surface area contributed by atoms with Crippen molar-refractivity contribution in [2.24, 2.45) is 5.41 Å². The Hall–Kier alpha value is -0.910. The summed E-state index contributed by atoms with van der Waals surface area (Å²) in [5.41, 5.74) is -0.165. The summed E-state index contributed by atoms with van der Waals surface area (Å²) < 4.78 is 33.6. The minimum Gasteiger partial charge on any atom is -0.380 e. The van der Waals surface area contributed by atoms with Crippen molar-refractivity contribution in [2.75, 3.05) is 19.8 Å². The van der Waals surface area contributed by atoms with Crippen molar-refractivity contribution in [3.8, 4) is 0 Å². The quantitative estimate of drug-likeness (QED) is 0.749. The normalized spacial score (nSPS) is 19.1. The van der Waals surface area contributed by atoms with E-state index in [-0.39, 0.29) is 16.9 Å². The fourth-order valence-corrected chi connectivity index (χ4v) is 2.48. The molecule has 0 atom stereocenters. The van der Waals surface area contributed by atoms with Crippen LogP contribution in [0.4, 0.5) is 0 Å². The molecule has 1 aliphatic heterocycles. The zero-order valence-electron chi connectivity index (χ0n) is 9.05. The maximum absolute atomic E-state index is 11.8. The predicted octanol–water partition coefficient (Wildman–Crippen LogP) is 1.43. The Labute approximate surface area is 95.3 Å². The van der Waals surface area contributed by atoms with Crippen LogP contribution in [0.1, 0.15) is 6.92 Å². The molecule has 1 heterocycles. The van der Waals surface area contributed by atoms with Gasteiger partial charge in [0.15, 0.2) is 0 Å². The van der Waals surface area contributed by atoms with Gasteiger partial charge in [-0.25, -0.2) is 0 Å². The van der Waals surface area contributed by atoms with Crippen molar-refractivity contribution in [1.29, 1.82) is 0 Å². The molecule has 5 heteroatoms. The van der Waals surface area contributed by atoms with Crippen LogP contribution >= 0.6 is 0 Å². The van der Waals surface area contributed by atoms with Crippen LogP contribution in [0.25, 0.3) is 0 Å². The highest BCUT2D eigenvalue weighted by Gasteiger charge is 2.35. The number of rotatable bonds is 4. The molecule has 16 heavy (non-hydrogen) atoms. The summed E-state index contributed by atoms with van der Waals surface area (Å²) in [7, 11) is -3.63. The predicted molar refractivity (Wildman–Crippen MR) is 58.5 cm³/mol. The minimum atomic E-state index is -3.63. The zero-order valence-corrected chi connectivity index (χ0v) is 9.87. The molecule has 4 nitrogen and oxygen atoms in total. The van der Waals surface area contributed by atoms with Crippen LogP contribution in [0.5, 0.6) is 0 Å². The third kappa shape index (κ3) is 2.42.